The highest BCUT2D eigenvalue weighted by molar-refractivity contribution is 9.11. The first-order valence-electron chi connectivity index (χ1n) is 5.25. The molecule has 16 heavy (non-hydrogen) atoms. The Morgan fingerprint density at radius 3 is 2.88 bits per heavy atom. The van der Waals surface area contributed by atoms with Gasteiger partial charge in [0.1, 0.15) is 0 Å². The molecule has 0 aromatic carbocycles. The van der Waals surface area contributed by atoms with E-state index in [2.05, 4.69) is 49.1 Å². The van der Waals surface area contributed by atoms with E-state index in [1.54, 1.807) is 6.20 Å². The van der Waals surface area contributed by atoms with Crippen LogP contribution in [0.1, 0.15) is 19.0 Å². The molecule has 0 radical (unpaired) electrons. The molecule has 0 aliphatic carbocycles. The minimum Gasteiger partial charge on any atom is -0.396 e. The molecule has 0 bridgehead atoms. The summed E-state index contributed by atoms with van der Waals surface area (Å²) < 4.78 is 1.97. The van der Waals surface area contributed by atoms with Crippen LogP contribution in [0.15, 0.2) is 21.2 Å². The Balaban J connectivity index is 2.37. The van der Waals surface area contributed by atoms with Crippen LogP contribution >= 0.6 is 31.9 Å². The number of aliphatic hydroxyl groups is 1. The number of pyridine rings is 1. The highest BCUT2D eigenvalue weighted by Gasteiger charge is 2.04. The van der Waals surface area contributed by atoms with Crippen LogP contribution in [0.5, 0.6) is 0 Å². The van der Waals surface area contributed by atoms with Crippen LogP contribution in [0.3, 0.4) is 0 Å². The van der Waals surface area contributed by atoms with Crippen molar-refractivity contribution in [3.05, 3.63) is 26.9 Å². The molecule has 0 aliphatic heterocycles. The van der Waals surface area contributed by atoms with Gasteiger partial charge in [0, 0.05) is 28.3 Å². The molecule has 1 rings (SSSR count). The molecule has 0 spiro atoms. The molecule has 1 aromatic rings. The van der Waals surface area contributed by atoms with E-state index in [-0.39, 0.29) is 6.61 Å². The van der Waals surface area contributed by atoms with E-state index in [1.807, 2.05) is 6.07 Å². The van der Waals surface area contributed by atoms with Gasteiger partial charge in [0.2, 0.25) is 0 Å². The molecule has 0 saturated heterocycles. The fourth-order valence-electron chi connectivity index (χ4n) is 1.33. The highest BCUT2D eigenvalue weighted by atomic mass is 79.9. The Morgan fingerprint density at radius 2 is 2.25 bits per heavy atom. The Hall–Kier alpha value is 0.0300. The Labute approximate surface area is 113 Å². The van der Waals surface area contributed by atoms with Gasteiger partial charge in [-0.15, -0.1) is 0 Å². The monoisotopic (exact) mass is 350 g/mol. The second kappa shape index (κ2) is 7.37. The van der Waals surface area contributed by atoms with Crippen LogP contribution in [-0.2, 0) is 6.54 Å². The van der Waals surface area contributed by atoms with Crippen molar-refractivity contribution >= 4 is 31.9 Å². The maximum Gasteiger partial charge on any atom is 0.0684 e. The zero-order valence-electron chi connectivity index (χ0n) is 9.21. The standard InChI is InChI=1S/C11H16Br2N2O/c1-8(2-3-16)5-14-7-11-10(13)4-9(12)6-15-11/h4,6,8,14,16H,2-3,5,7H2,1H3. The largest absolute Gasteiger partial charge is 0.396 e. The minimum atomic E-state index is 0.253. The van der Waals surface area contributed by atoms with Crippen molar-refractivity contribution in [3.8, 4) is 0 Å². The molecule has 90 valence electrons. The first-order valence-corrected chi connectivity index (χ1v) is 6.83. The maximum absolute atomic E-state index is 8.77. The predicted molar refractivity (Wildman–Crippen MR) is 72.2 cm³/mol. The van der Waals surface area contributed by atoms with Gasteiger partial charge in [-0.1, -0.05) is 6.92 Å². The molecule has 0 saturated carbocycles. The van der Waals surface area contributed by atoms with Gasteiger partial charge in [0.05, 0.1) is 5.69 Å². The number of aromatic nitrogens is 1. The average Bonchev–Trinajstić information content (AvgIpc) is 2.22. The summed E-state index contributed by atoms with van der Waals surface area (Å²) >= 11 is 6.84. The smallest absolute Gasteiger partial charge is 0.0684 e. The van der Waals surface area contributed by atoms with Crippen LogP contribution < -0.4 is 5.32 Å². The Morgan fingerprint density at radius 1 is 1.50 bits per heavy atom. The quantitative estimate of drug-likeness (QED) is 0.828. The SMILES string of the molecule is CC(CCO)CNCc1ncc(Br)cc1Br. The molecule has 1 heterocycles. The zero-order chi connectivity index (χ0) is 12.0. The molecule has 1 atom stereocenters. The number of hydrogen-bond donors (Lipinski definition) is 2. The summed E-state index contributed by atoms with van der Waals surface area (Å²) in [6.07, 6.45) is 2.63. The fourth-order valence-corrected chi connectivity index (χ4v) is 2.46. The van der Waals surface area contributed by atoms with Crippen molar-refractivity contribution in [2.45, 2.75) is 19.9 Å². The second-order valence-electron chi connectivity index (χ2n) is 3.83. The lowest BCUT2D eigenvalue weighted by Gasteiger charge is -2.11. The van der Waals surface area contributed by atoms with Crippen molar-refractivity contribution in [3.63, 3.8) is 0 Å². The number of nitrogens with one attached hydrogen (secondary N) is 1. The van der Waals surface area contributed by atoms with Gasteiger partial charge in [-0.2, -0.15) is 0 Å². The number of halogens is 2. The molecular formula is C11H16Br2N2O. The summed E-state index contributed by atoms with van der Waals surface area (Å²) in [5.41, 5.74) is 0.999. The maximum atomic E-state index is 8.77. The molecular weight excluding hydrogens is 336 g/mol. The Bertz CT molecular complexity index is 334. The number of hydrogen-bond acceptors (Lipinski definition) is 3. The van der Waals surface area contributed by atoms with Gasteiger partial charge >= 0.3 is 0 Å². The molecule has 0 amide bonds. The summed E-state index contributed by atoms with van der Waals surface area (Å²) in [4.78, 5) is 4.32. The van der Waals surface area contributed by atoms with E-state index < -0.39 is 0 Å². The van der Waals surface area contributed by atoms with Gasteiger partial charge in [-0.05, 0) is 56.8 Å². The summed E-state index contributed by atoms with van der Waals surface area (Å²) in [5, 5.41) is 12.1. The predicted octanol–water partition coefficient (Wildman–Crippen LogP) is 2.71. The van der Waals surface area contributed by atoms with Crippen LogP contribution in [0, 0.1) is 5.92 Å². The number of nitrogens with zero attached hydrogens (tertiary/aromatic N) is 1. The third kappa shape index (κ3) is 4.91. The van der Waals surface area contributed by atoms with Gasteiger partial charge in [0.15, 0.2) is 0 Å². The summed E-state index contributed by atoms with van der Waals surface area (Å²) in [6.45, 7) is 4.00. The third-order valence-corrected chi connectivity index (χ3v) is 3.41. The second-order valence-corrected chi connectivity index (χ2v) is 5.60. The molecule has 1 aromatic heterocycles. The van der Waals surface area contributed by atoms with Crippen LogP contribution in [0.2, 0.25) is 0 Å². The van der Waals surface area contributed by atoms with Crippen molar-refractivity contribution in [2.24, 2.45) is 5.92 Å². The minimum absolute atomic E-state index is 0.253. The van der Waals surface area contributed by atoms with Crippen LogP contribution in [-0.4, -0.2) is 23.2 Å². The summed E-state index contributed by atoms with van der Waals surface area (Å²) in [6, 6.07) is 1.99. The lowest BCUT2D eigenvalue weighted by Crippen LogP contribution is -2.22. The first-order chi connectivity index (χ1) is 7.63. The molecule has 1 unspecified atom stereocenters. The topological polar surface area (TPSA) is 45.1 Å². The van der Waals surface area contributed by atoms with Gasteiger partial charge in [-0.3, -0.25) is 4.98 Å². The van der Waals surface area contributed by atoms with Gasteiger partial charge in [0.25, 0.3) is 0 Å². The number of aliphatic hydroxyl groups excluding tert-OH is 1. The summed E-state index contributed by atoms with van der Waals surface area (Å²) in [5.74, 6) is 0.485. The van der Waals surface area contributed by atoms with Crippen molar-refractivity contribution < 1.29 is 5.11 Å². The normalized spacial score (nSPS) is 12.8. The molecule has 2 N–H and O–H groups in total. The Kier molecular flexibility index (Phi) is 6.49. The lowest BCUT2D eigenvalue weighted by atomic mass is 10.1. The van der Waals surface area contributed by atoms with E-state index in [9.17, 15) is 0 Å². The zero-order valence-corrected chi connectivity index (χ0v) is 12.4. The van der Waals surface area contributed by atoms with Gasteiger partial charge < -0.3 is 10.4 Å². The average molecular weight is 352 g/mol. The highest BCUT2D eigenvalue weighted by Crippen LogP contribution is 2.19. The number of rotatable bonds is 6. The van der Waals surface area contributed by atoms with E-state index in [0.717, 1.165) is 34.1 Å². The van der Waals surface area contributed by atoms with Crippen molar-refractivity contribution in [1.82, 2.24) is 10.3 Å². The lowest BCUT2D eigenvalue weighted by molar-refractivity contribution is 0.260. The van der Waals surface area contributed by atoms with E-state index in [0.29, 0.717) is 5.92 Å². The molecule has 0 fully saturated rings. The fraction of sp³-hybridized carbons (Fsp3) is 0.545. The van der Waals surface area contributed by atoms with E-state index in [4.69, 9.17) is 5.11 Å². The molecule has 5 heteroatoms. The molecule has 0 aliphatic rings. The summed E-state index contributed by atoms with van der Waals surface area (Å²) in [7, 11) is 0. The van der Waals surface area contributed by atoms with E-state index in [1.165, 1.54) is 0 Å². The van der Waals surface area contributed by atoms with Crippen molar-refractivity contribution in [1.29, 1.82) is 0 Å². The van der Waals surface area contributed by atoms with Gasteiger partial charge in [-0.25, -0.2) is 0 Å². The molecule has 3 nitrogen and oxygen atoms in total. The third-order valence-electron chi connectivity index (χ3n) is 2.29. The van der Waals surface area contributed by atoms with E-state index >= 15 is 0 Å². The first kappa shape index (κ1) is 14.1. The van der Waals surface area contributed by atoms with Crippen LogP contribution in [0.4, 0.5) is 0 Å². The van der Waals surface area contributed by atoms with Crippen molar-refractivity contribution in [2.75, 3.05) is 13.2 Å². The van der Waals surface area contributed by atoms with Crippen LogP contribution in [0.25, 0.3) is 0 Å².